The lowest BCUT2D eigenvalue weighted by Gasteiger charge is -2.39. The van der Waals surface area contributed by atoms with Gasteiger partial charge in [0.25, 0.3) is 5.91 Å². The van der Waals surface area contributed by atoms with Crippen molar-refractivity contribution in [1.82, 2.24) is 4.90 Å². The molecule has 0 saturated carbocycles. The Bertz CT molecular complexity index is 1430. The Morgan fingerprint density at radius 2 is 1.74 bits per heavy atom. The van der Waals surface area contributed by atoms with Gasteiger partial charge in [-0.1, -0.05) is 42.5 Å². The van der Waals surface area contributed by atoms with Crippen LogP contribution in [0.25, 0.3) is 0 Å². The predicted molar refractivity (Wildman–Crippen MR) is 178 cm³/mol. The molecule has 9 heteroatoms. The Kier molecular flexibility index (Phi) is 10.0. The second-order valence-corrected chi connectivity index (χ2v) is 12.6. The summed E-state index contributed by atoms with van der Waals surface area (Å²) in [5.41, 5.74) is 0.161. The normalized spacial score (nSPS) is 26.8. The number of aliphatic hydroxyl groups excluding tert-OH is 1. The molecule has 5 rings (SSSR count). The van der Waals surface area contributed by atoms with Crippen molar-refractivity contribution >= 4 is 29.2 Å². The van der Waals surface area contributed by atoms with E-state index in [4.69, 9.17) is 9.47 Å². The number of esters is 1. The third kappa shape index (κ3) is 5.64. The van der Waals surface area contributed by atoms with Crippen molar-refractivity contribution in [2.24, 2.45) is 11.8 Å². The van der Waals surface area contributed by atoms with E-state index in [1.165, 1.54) is 4.90 Å². The molecule has 46 heavy (non-hydrogen) atoms. The summed E-state index contributed by atoms with van der Waals surface area (Å²) in [6.45, 7) is 15.4. The number of hydrogen-bond acceptors (Lipinski definition) is 7. The highest BCUT2D eigenvalue weighted by Gasteiger charge is 2.79. The van der Waals surface area contributed by atoms with Crippen LogP contribution in [0, 0.1) is 11.8 Å². The molecular weight excluding hydrogens is 582 g/mol. The first-order valence-electron chi connectivity index (χ1n) is 16.4. The number of ether oxygens (including phenoxy) is 2. The van der Waals surface area contributed by atoms with Gasteiger partial charge in [0, 0.05) is 31.0 Å². The summed E-state index contributed by atoms with van der Waals surface area (Å²) in [4.78, 5) is 48.8. The van der Waals surface area contributed by atoms with E-state index >= 15 is 4.79 Å². The number of carbonyl (C=O) groups is 3. The van der Waals surface area contributed by atoms with E-state index in [0.717, 1.165) is 18.8 Å². The number of rotatable bonds is 15. The summed E-state index contributed by atoms with van der Waals surface area (Å²) in [5, 5.41) is 10.8. The molecule has 2 aromatic rings. The van der Waals surface area contributed by atoms with E-state index in [1.807, 2.05) is 61.5 Å². The van der Waals surface area contributed by atoms with Crippen LogP contribution in [-0.4, -0.2) is 77.9 Å². The maximum Gasteiger partial charge on any atom is 0.312 e. The van der Waals surface area contributed by atoms with Gasteiger partial charge in [-0.2, -0.15) is 0 Å². The number of hydrogen-bond donors (Lipinski definition) is 1. The van der Waals surface area contributed by atoms with E-state index in [9.17, 15) is 14.7 Å². The number of anilines is 2. The number of benzene rings is 2. The highest BCUT2D eigenvalue weighted by Crippen LogP contribution is 2.64. The second-order valence-electron chi connectivity index (χ2n) is 12.6. The Hall–Kier alpha value is -3.95. The van der Waals surface area contributed by atoms with Gasteiger partial charge in [0.2, 0.25) is 5.91 Å². The number of unbranched alkanes of at least 4 members (excludes halogenated alkanes) is 1. The molecule has 3 heterocycles. The van der Waals surface area contributed by atoms with Gasteiger partial charge in [-0.15, -0.1) is 13.2 Å². The van der Waals surface area contributed by atoms with Gasteiger partial charge >= 0.3 is 5.97 Å². The summed E-state index contributed by atoms with van der Waals surface area (Å²) in [5.74, 6) is -3.03. The minimum Gasteiger partial charge on any atom is -0.465 e. The first kappa shape index (κ1) is 33.4. The smallest absolute Gasteiger partial charge is 0.312 e. The molecule has 3 fully saturated rings. The topological polar surface area (TPSA) is 99.6 Å². The number of fused-ring (bicyclic) bond motifs is 1. The van der Waals surface area contributed by atoms with Crippen LogP contribution in [0.5, 0.6) is 0 Å². The maximum absolute atomic E-state index is 15.0. The lowest BCUT2D eigenvalue weighted by atomic mass is 9.66. The van der Waals surface area contributed by atoms with Gasteiger partial charge in [-0.3, -0.25) is 14.4 Å². The molecule has 3 aliphatic rings. The second kappa shape index (κ2) is 13.8. The van der Waals surface area contributed by atoms with Crippen LogP contribution in [0.15, 0.2) is 79.9 Å². The van der Waals surface area contributed by atoms with Crippen molar-refractivity contribution in [1.29, 1.82) is 0 Å². The molecule has 0 radical (unpaired) electrons. The fraction of sp³-hybridized carbons (Fsp3) is 0.486. The summed E-state index contributed by atoms with van der Waals surface area (Å²) in [7, 11) is 0. The number of amides is 2. The Labute approximate surface area is 272 Å². The Balaban J connectivity index is 1.59. The van der Waals surface area contributed by atoms with Crippen molar-refractivity contribution in [3.63, 3.8) is 0 Å². The quantitative estimate of drug-likeness (QED) is 0.167. The highest BCUT2D eigenvalue weighted by atomic mass is 16.6. The summed E-state index contributed by atoms with van der Waals surface area (Å²) in [6.07, 6.45) is 5.67. The SMILES string of the molecule is C=CCCCOC(=O)[C@@H]1[C@H]2C(=O)N([C@H](CO)c3ccccc3)C(C(=O)N(CC=C)c3ccc(N(CC)CC)cc3)C23CC[C@@]1(C)O3. The van der Waals surface area contributed by atoms with E-state index in [-0.39, 0.29) is 25.0 Å². The van der Waals surface area contributed by atoms with E-state index < -0.39 is 47.7 Å². The van der Waals surface area contributed by atoms with Crippen molar-refractivity contribution in [2.45, 2.75) is 69.7 Å². The van der Waals surface area contributed by atoms with Crippen LogP contribution < -0.4 is 9.80 Å². The Morgan fingerprint density at radius 3 is 2.35 bits per heavy atom. The first-order chi connectivity index (χ1) is 22.2. The average molecular weight is 630 g/mol. The zero-order chi connectivity index (χ0) is 33.1. The van der Waals surface area contributed by atoms with Crippen LogP contribution in [0.3, 0.4) is 0 Å². The molecule has 3 aliphatic heterocycles. The standard InChI is InChI=1S/C37H47N3O6/c1-6-10-14-24-45-35(44)31-30-33(42)40(29(25-41)26-15-12-11-13-16-26)32(37(30)22-21-36(31,5)46-37)34(43)39(23-7-2)28-19-17-27(18-20-28)38(8-3)9-4/h6-7,11-13,15-20,29-32,41H,1-2,8-10,14,21-25H2,3-5H3/t29-,30+,31+,32?,36-,37?/m1/s1. The highest BCUT2D eigenvalue weighted by molar-refractivity contribution is 6.05. The molecule has 2 aromatic carbocycles. The molecule has 0 aliphatic carbocycles. The molecule has 3 saturated heterocycles. The molecule has 2 unspecified atom stereocenters. The zero-order valence-electron chi connectivity index (χ0n) is 27.3. The Morgan fingerprint density at radius 1 is 1.07 bits per heavy atom. The first-order valence-corrected chi connectivity index (χ1v) is 16.4. The summed E-state index contributed by atoms with van der Waals surface area (Å²) >= 11 is 0. The monoisotopic (exact) mass is 629 g/mol. The van der Waals surface area contributed by atoms with Gasteiger partial charge in [0.05, 0.1) is 30.8 Å². The number of aliphatic hydroxyl groups is 1. The predicted octanol–water partition coefficient (Wildman–Crippen LogP) is 5.06. The van der Waals surface area contributed by atoms with Crippen molar-refractivity contribution in [3.05, 3.63) is 85.5 Å². The lowest BCUT2D eigenvalue weighted by Crippen LogP contribution is -2.57. The van der Waals surface area contributed by atoms with Crippen LogP contribution in [0.4, 0.5) is 11.4 Å². The molecule has 0 aromatic heterocycles. The van der Waals surface area contributed by atoms with Crippen molar-refractivity contribution < 1.29 is 29.0 Å². The van der Waals surface area contributed by atoms with E-state index in [2.05, 4.69) is 31.9 Å². The maximum atomic E-state index is 15.0. The third-order valence-electron chi connectivity index (χ3n) is 10.1. The van der Waals surface area contributed by atoms with Crippen molar-refractivity contribution in [2.75, 3.05) is 42.6 Å². The van der Waals surface area contributed by atoms with Crippen LogP contribution in [-0.2, 0) is 23.9 Å². The zero-order valence-corrected chi connectivity index (χ0v) is 27.3. The fourth-order valence-electron chi connectivity index (χ4n) is 7.89. The van der Waals surface area contributed by atoms with Gasteiger partial charge in [0.1, 0.15) is 17.6 Å². The molecule has 246 valence electrons. The largest absolute Gasteiger partial charge is 0.465 e. The van der Waals surface area contributed by atoms with Gasteiger partial charge in [-0.05, 0) is 76.3 Å². The fourth-order valence-corrected chi connectivity index (χ4v) is 7.89. The van der Waals surface area contributed by atoms with Crippen LogP contribution in [0.2, 0.25) is 0 Å². The average Bonchev–Trinajstić information content (AvgIpc) is 3.64. The number of allylic oxidation sites excluding steroid dienone is 1. The molecule has 9 nitrogen and oxygen atoms in total. The van der Waals surface area contributed by atoms with Crippen LogP contribution in [0.1, 0.15) is 58.1 Å². The third-order valence-corrected chi connectivity index (χ3v) is 10.1. The van der Waals surface area contributed by atoms with Gasteiger partial charge in [0.15, 0.2) is 0 Å². The van der Waals surface area contributed by atoms with E-state index in [1.54, 1.807) is 17.1 Å². The lowest BCUT2D eigenvalue weighted by molar-refractivity contribution is -0.160. The van der Waals surface area contributed by atoms with Crippen LogP contribution >= 0.6 is 0 Å². The molecular formula is C37H47N3O6. The van der Waals surface area contributed by atoms with Gasteiger partial charge < -0.3 is 29.3 Å². The number of carbonyl (C=O) groups excluding carboxylic acids is 3. The van der Waals surface area contributed by atoms with Gasteiger partial charge in [-0.25, -0.2) is 0 Å². The molecule has 1 N–H and O–H groups in total. The molecule has 1 spiro atoms. The molecule has 2 bridgehead atoms. The minimum absolute atomic E-state index is 0.198. The molecule has 2 amide bonds. The number of nitrogens with zero attached hydrogens (tertiary/aromatic N) is 3. The van der Waals surface area contributed by atoms with Crippen molar-refractivity contribution in [3.8, 4) is 0 Å². The minimum atomic E-state index is -1.27. The number of likely N-dealkylation sites (tertiary alicyclic amines) is 1. The summed E-state index contributed by atoms with van der Waals surface area (Å²) < 4.78 is 12.5. The summed E-state index contributed by atoms with van der Waals surface area (Å²) in [6, 6.07) is 15.1. The van der Waals surface area contributed by atoms with E-state index in [0.29, 0.717) is 36.9 Å². The molecule has 6 atom stereocenters.